The number of aromatic carboxylic acids is 1. The van der Waals surface area contributed by atoms with Gasteiger partial charge in [-0.15, -0.1) is 0 Å². The number of nitrogens with zero attached hydrogens (tertiary/aromatic N) is 1. The van der Waals surface area contributed by atoms with Gasteiger partial charge < -0.3 is 15.0 Å². The second-order valence-corrected chi connectivity index (χ2v) is 9.59. The average Bonchev–Trinajstić information content (AvgIpc) is 2.91. The summed E-state index contributed by atoms with van der Waals surface area (Å²) >= 11 is 0. The standard InChI is InChI=1S/C23H30N2O2/c1-14(23-10-15-7-16(11-23)9-17(8-15)12-23)24-13-19-18-5-3-4-6-20(18)25(2)21(19)22(26)27/h3-6,14-17,24H,7-13H2,1-2H3,(H,26,27)/t14-,15?,16?,17?,23?/m1/s1. The Balaban J connectivity index is 1.42. The summed E-state index contributed by atoms with van der Waals surface area (Å²) in [6.45, 7) is 2.98. The number of hydrogen-bond donors (Lipinski definition) is 2. The summed E-state index contributed by atoms with van der Waals surface area (Å²) in [5, 5.41) is 14.6. The fourth-order valence-corrected chi connectivity index (χ4v) is 7.10. The maximum atomic E-state index is 11.9. The zero-order chi connectivity index (χ0) is 18.8. The maximum Gasteiger partial charge on any atom is 0.352 e. The third kappa shape index (κ3) is 2.64. The highest BCUT2D eigenvalue weighted by molar-refractivity contribution is 5.98. The Morgan fingerprint density at radius 3 is 2.37 bits per heavy atom. The topological polar surface area (TPSA) is 54.3 Å². The lowest BCUT2D eigenvalue weighted by Gasteiger charge is -2.59. The summed E-state index contributed by atoms with van der Waals surface area (Å²) in [4.78, 5) is 11.9. The van der Waals surface area contributed by atoms with Gasteiger partial charge in [-0.3, -0.25) is 0 Å². The Bertz CT molecular complexity index is 862. The number of para-hydroxylation sites is 1. The summed E-state index contributed by atoms with van der Waals surface area (Å²) in [5.74, 6) is 1.97. The molecule has 0 amide bonds. The van der Waals surface area contributed by atoms with E-state index >= 15 is 0 Å². The van der Waals surface area contributed by atoms with Gasteiger partial charge in [-0.25, -0.2) is 4.79 Å². The van der Waals surface area contributed by atoms with E-state index in [1.165, 1.54) is 38.5 Å². The van der Waals surface area contributed by atoms with E-state index in [1.54, 1.807) is 0 Å². The van der Waals surface area contributed by atoms with Crippen molar-refractivity contribution in [3.05, 3.63) is 35.5 Å². The van der Waals surface area contributed by atoms with Crippen molar-refractivity contribution < 1.29 is 9.90 Å². The molecule has 4 nitrogen and oxygen atoms in total. The minimum absolute atomic E-state index is 0.418. The van der Waals surface area contributed by atoms with Crippen LogP contribution in [0.15, 0.2) is 24.3 Å². The molecule has 4 fully saturated rings. The molecular weight excluding hydrogens is 336 g/mol. The Labute approximate surface area is 160 Å². The van der Waals surface area contributed by atoms with Crippen LogP contribution in [0, 0.1) is 23.2 Å². The van der Waals surface area contributed by atoms with Crippen LogP contribution in [-0.2, 0) is 13.6 Å². The van der Waals surface area contributed by atoms with E-state index in [1.807, 2.05) is 35.9 Å². The first-order valence-corrected chi connectivity index (χ1v) is 10.5. The predicted molar refractivity (Wildman–Crippen MR) is 107 cm³/mol. The van der Waals surface area contributed by atoms with Gasteiger partial charge in [0.1, 0.15) is 5.69 Å². The van der Waals surface area contributed by atoms with Gasteiger partial charge in [0.2, 0.25) is 0 Å². The van der Waals surface area contributed by atoms with E-state index in [-0.39, 0.29) is 0 Å². The van der Waals surface area contributed by atoms with Gasteiger partial charge in [0.05, 0.1) is 0 Å². The Morgan fingerprint density at radius 1 is 1.19 bits per heavy atom. The van der Waals surface area contributed by atoms with Crippen LogP contribution in [0.2, 0.25) is 0 Å². The zero-order valence-corrected chi connectivity index (χ0v) is 16.4. The van der Waals surface area contributed by atoms with Gasteiger partial charge in [-0.2, -0.15) is 0 Å². The third-order valence-corrected chi connectivity index (χ3v) is 8.00. The van der Waals surface area contributed by atoms with Crippen molar-refractivity contribution in [1.29, 1.82) is 0 Å². The number of nitrogens with one attached hydrogen (secondary N) is 1. The molecule has 1 atom stereocenters. The summed E-state index contributed by atoms with van der Waals surface area (Å²) in [7, 11) is 1.86. The number of aryl methyl sites for hydroxylation is 1. The smallest absolute Gasteiger partial charge is 0.352 e. The van der Waals surface area contributed by atoms with E-state index in [0.717, 1.165) is 34.2 Å². The fourth-order valence-electron chi connectivity index (χ4n) is 7.10. The quantitative estimate of drug-likeness (QED) is 0.815. The summed E-state index contributed by atoms with van der Waals surface area (Å²) in [6.07, 6.45) is 8.48. The summed E-state index contributed by atoms with van der Waals surface area (Å²) in [6, 6.07) is 8.47. The van der Waals surface area contributed by atoms with Crippen LogP contribution in [0.3, 0.4) is 0 Å². The minimum atomic E-state index is -0.840. The van der Waals surface area contributed by atoms with Crippen LogP contribution in [0.5, 0.6) is 0 Å². The molecule has 144 valence electrons. The van der Waals surface area contributed by atoms with Gasteiger partial charge in [-0.05, 0) is 74.7 Å². The monoisotopic (exact) mass is 366 g/mol. The van der Waals surface area contributed by atoms with Crippen molar-refractivity contribution in [2.75, 3.05) is 0 Å². The molecule has 4 heteroatoms. The Kier molecular flexibility index (Phi) is 3.91. The SMILES string of the molecule is C[C@@H](NCc1c(C(=O)O)n(C)c2ccccc12)C12CC3CC(CC(C3)C1)C2. The summed E-state index contributed by atoms with van der Waals surface area (Å²) < 4.78 is 1.82. The van der Waals surface area contributed by atoms with Crippen LogP contribution in [0.25, 0.3) is 10.9 Å². The largest absolute Gasteiger partial charge is 0.477 e. The lowest BCUT2D eigenvalue weighted by Crippen LogP contribution is -2.54. The lowest BCUT2D eigenvalue weighted by molar-refractivity contribution is -0.0706. The lowest BCUT2D eigenvalue weighted by atomic mass is 9.48. The molecule has 27 heavy (non-hydrogen) atoms. The van der Waals surface area contributed by atoms with Crippen molar-refractivity contribution in [2.45, 2.75) is 58.0 Å². The molecule has 1 aromatic carbocycles. The maximum absolute atomic E-state index is 11.9. The van der Waals surface area contributed by atoms with Gasteiger partial charge in [0.15, 0.2) is 0 Å². The van der Waals surface area contributed by atoms with Crippen molar-refractivity contribution in [1.82, 2.24) is 9.88 Å². The zero-order valence-electron chi connectivity index (χ0n) is 16.4. The highest BCUT2D eigenvalue weighted by Gasteiger charge is 2.52. The molecule has 1 heterocycles. The van der Waals surface area contributed by atoms with E-state index in [4.69, 9.17) is 0 Å². The molecule has 0 radical (unpaired) electrons. The number of aromatic nitrogens is 1. The molecule has 2 N–H and O–H groups in total. The van der Waals surface area contributed by atoms with Crippen LogP contribution in [-0.4, -0.2) is 21.7 Å². The van der Waals surface area contributed by atoms with Gasteiger partial charge in [0, 0.05) is 36.1 Å². The normalized spacial score (nSPS) is 32.9. The Morgan fingerprint density at radius 2 is 1.78 bits per heavy atom. The second-order valence-electron chi connectivity index (χ2n) is 9.59. The molecule has 1 aromatic heterocycles. The number of hydrogen-bond acceptors (Lipinski definition) is 2. The number of carboxylic acids is 1. The number of benzene rings is 1. The highest BCUT2D eigenvalue weighted by atomic mass is 16.4. The van der Waals surface area contributed by atoms with Crippen LogP contribution in [0.1, 0.15) is 61.5 Å². The van der Waals surface area contributed by atoms with Crippen molar-refractivity contribution >= 4 is 16.9 Å². The number of carbonyl (C=O) groups is 1. The van der Waals surface area contributed by atoms with Crippen LogP contribution < -0.4 is 5.32 Å². The number of rotatable bonds is 5. The molecule has 0 unspecified atom stereocenters. The van der Waals surface area contributed by atoms with E-state index in [0.29, 0.717) is 23.7 Å². The average molecular weight is 367 g/mol. The first-order valence-electron chi connectivity index (χ1n) is 10.5. The molecule has 2 aromatic rings. The number of carboxylic acid groups (broad SMARTS) is 1. The van der Waals surface area contributed by atoms with E-state index in [9.17, 15) is 9.90 Å². The van der Waals surface area contributed by atoms with Gasteiger partial charge >= 0.3 is 5.97 Å². The molecule has 0 spiro atoms. The van der Waals surface area contributed by atoms with Crippen molar-refractivity contribution in [2.24, 2.45) is 30.2 Å². The fraction of sp³-hybridized carbons (Fsp3) is 0.609. The predicted octanol–water partition coefficient (Wildman–Crippen LogP) is 4.57. The van der Waals surface area contributed by atoms with E-state index in [2.05, 4.69) is 12.2 Å². The number of fused-ring (bicyclic) bond motifs is 1. The molecular formula is C23H30N2O2. The summed E-state index contributed by atoms with van der Waals surface area (Å²) in [5.41, 5.74) is 2.77. The van der Waals surface area contributed by atoms with Gasteiger partial charge in [0.25, 0.3) is 0 Å². The first kappa shape index (κ1) is 17.3. The molecule has 4 aliphatic rings. The van der Waals surface area contributed by atoms with Crippen LogP contribution >= 0.6 is 0 Å². The third-order valence-electron chi connectivity index (χ3n) is 8.00. The molecule has 0 aliphatic heterocycles. The molecule has 4 bridgehead atoms. The van der Waals surface area contributed by atoms with Crippen LogP contribution in [0.4, 0.5) is 0 Å². The second kappa shape index (κ2) is 6.10. The van der Waals surface area contributed by atoms with Crippen molar-refractivity contribution in [3.63, 3.8) is 0 Å². The molecule has 0 saturated heterocycles. The molecule has 6 rings (SSSR count). The van der Waals surface area contributed by atoms with E-state index < -0.39 is 5.97 Å². The Hall–Kier alpha value is -1.81. The minimum Gasteiger partial charge on any atom is -0.477 e. The highest BCUT2D eigenvalue weighted by Crippen LogP contribution is 2.61. The molecule has 4 saturated carbocycles. The van der Waals surface area contributed by atoms with Crippen molar-refractivity contribution in [3.8, 4) is 0 Å². The van der Waals surface area contributed by atoms with Gasteiger partial charge in [-0.1, -0.05) is 18.2 Å². The molecule has 4 aliphatic carbocycles. The first-order chi connectivity index (χ1) is 13.0.